The number of amides is 1. The van der Waals surface area contributed by atoms with Crippen molar-refractivity contribution in [2.75, 3.05) is 13.1 Å². The van der Waals surface area contributed by atoms with Gasteiger partial charge in [0.25, 0.3) is 5.91 Å². The van der Waals surface area contributed by atoms with Crippen LogP contribution in [0.25, 0.3) is 5.69 Å². The Morgan fingerprint density at radius 1 is 1.15 bits per heavy atom. The van der Waals surface area contributed by atoms with Crippen LogP contribution < -0.4 is 5.32 Å². The van der Waals surface area contributed by atoms with Crippen molar-refractivity contribution in [1.29, 1.82) is 0 Å². The van der Waals surface area contributed by atoms with E-state index >= 15 is 0 Å². The predicted octanol–water partition coefficient (Wildman–Crippen LogP) is 3.28. The highest BCUT2D eigenvalue weighted by Crippen LogP contribution is 2.32. The van der Waals surface area contributed by atoms with Crippen molar-refractivity contribution in [1.82, 2.24) is 20.0 Å². The van der Waals surface area contributed by atoms with Crippen LogP contribution in [-0.4, -0.2) is 45.8 Å². The van der Waals surface area contributed by atoms with E-state index in [4.69, 9.17) is 0 Å². The van der Waals surface area contributed by atoms with Crippen LogP contribution in [0.3, 0.4) is 0 Å². The molecule has 2 aliphatic rings. The average Bonchev–Trinajstić information content (AvgIpc) is 3.18. The quantitative estimate of drug-likeness (QED) is 0.841. The molecule has 1 aromatic heterocycles. The molecule has 9 heteroatoms. The number of nitrogens with one attached hydrogen (secondary N) is 1. The van der Waals surface area contributed by atoms with Crippen molar-refractivity contribution in [3.8, 4) is 5.69 Å². The highest BCUT2D eigenvalue weighted by atomic mass is 35.5. The molecule has 0 aliphatic carbocycles. The number of fused-ring (bicyclic) bond motifs is 2. The summed E-state index contributed by atoms with van der Waals surface area (Å²) >= 11 is 0. The highest BCUT2D eigenvalue weighted by molar-refractivity contribution is 5.95. The Morgan fingerprint density at radius 2 is 1.93 bits per heavy atom. The van der Waals surface area contributed by atoms with Gasteiger partial charge >= 0.3 is 6.18 Å². The Labute approximate surface area is 160 Å². The minimum atomic E-state index is -4.51. The van der Waals surface area contributed by atoms with Gasteiger partial charge in [0, 0.05) is 24.2 Å². The van der Waals surface area contributed by atoms with Crippen molar-refractivity contribution >= 4 is 18.3 Å². The maximum Gasteiger partial charge on any atom is 0.433 e. The Kier molecular flexibility index (Phi) is 5.48. The van der Waals surface area contributed by atoms with Gasteiger partial charge in [0.2, 0.25) is 0 Å². The predicted molar refractivity (Wildman–Crippen MR) is 96.3 cm³/mol. The summed E-state index contributed by atoms with van der Waals surface area (Å²) in [7, 11) is 0. The molecule has 146 valence electrons. The second kappa shape index (κ2) is 7.52. The fourth-order valence-electron chi connectivity index (χ4n) is 3.96. The van der Waals surface area contributed by atoms with E-state index in [-0.39, 0.29) is 36.1 Å². The lowest BCUT2D eigenvalue weighted by Crippen LogP contribution is -2.42. The minimum Gasteiger partial charge on any atom is -0.331 e. The second-order valence-electron chi connectivity index (χ2n) is 6.77. The third-order valence-corrected chi connectivity index (χ3v) is 5.16. The Balaban J connectivity index is 0.00000210. The fraction of sp³-hybridized carbons (Fsp3) is 0.444. The number of carbonyl (C=O) groups is 1. The molecule has 0 saturated carbocycles. The van der Waals surface area contributed by atoms with Crippen LogP contribution in [0.15, 0.2) is 36.5 Å². The molecule has 0 spiro atoms. The van der Waals surface area contributed by atoms with E-state index in [1.54, 1.807) is 12.1 Å². The van der Waals surface area contributed by atoms with Gasteiger partial charge in [-0.1, -0.05) is 6.07 Å². The SMILES string of the molecule is Cl.O=C(c1cccc(-n2nccc2C(F)(F)F)c1)N1C2CCNCC1CC2. The lowest BCUT2D eigenvalue weighted by molar-refractivity contribution is -0.142. The number of hydrogen-bond acceptors (Lipinski definition) is 3. The van der Waals surface area contributed by atoms with Crippen LogP contribution in [0.5, 0.6) is 0 Å². The zero-order chi connectivity index (χ0) is 18.3. The van der Waals surface area contributed by atoms with Gasteiger partial charge < -0.3 is 10.2 Å². The molecule has 2 aliphatic heterocycles. The van der Waals surface area contributed by atoms with E-state index in [0.717, 1.165) is 49.3 Å². The maximum absolute atomic E-state index is 13.1. The third-order valence-electron chi connectivity index (χ3n) is 5.16. The molecule has 4 rings (SSSR count). The summed E-state index contributed by atoms with van der Waals surface area (Å²) in [5.74, 6) is -0.122. The molecule has 2 saturated heterocycles. The molecule has 2 bridgehead atoms. The molecule has 1 N–H and O–H groups in total. The van der Waals surface area contributed by atoms with Gasteiger partial charge in [-0.05, 0) is 50.1 Å². The van der Waals surface area contributed by atoms with E-state index in [0.29, 0.717) is 5.56 Å². The van der Waals surface area contributed by atoms with E-state index in [9.17, 15) is 18.0 Å². The summed E-state index contributed by atoms with van der Waals surface area (Å²) in [4.78, 5) is 15.0. The monoisotopic (exact) mass is 400 g/mol. The van der Waals surface area contributed by atoms with E-state index in [1.807, 2.05) is 4.90 Å². The van der Waals surface area contributed by atoms with Gasteiger partial charge in [0.1, 0.15) is 5.69 Å². The first-order valence-corrected chi connectivity index (χ1v) is 8.70. The number of halogens is 4. The van der Waals surface area contributed by atoms with Crippen molar-refractivity contribution in [2.45, 2.75) is 37.5 Å². The molecule has 2 atom stereocenters. The zero-order valence-corrected chi connectivity index (χ0v) is 15.3. The number of nitrogens with zero attached hydrogens (tertiary/aromatic N) is 3. The molecule has 0 radical (unpaired) electrons. The molecule has 2 aromatic rings. The van der Waals surface area contributed by atoms with Gasteiger partial charge in [0.15, 0.2) is 0 Å². The Bertz CT molecular complexity index is 809. The van der Waals surface area contributed by atoms with Crippen LogP contribution in [0.2, 0.25) is 0 Å². The number of hydrogen-bond donors (Lipinski definition) is 1. The summed E-state index contributed by atoms with van der Waals surface area (Å²) < 4.78 is 40.2. The summed E-state index contributed by atoms with van der Waals surface area (Å²) in [5, 5.41) is 7.12. The van der Waals surface area contributed by atoms with Crippen molar-refractivity contribution < 1.29 is 18.0 Å². The Morgan fingerprint density at radius 3 is 2.70 bits per heavy atom. The number of aromatic nitrogens is 2. The number of rotatable bonds is 2. The smallest absolute Gasteiger partial charge is 0.331 e. The average molecular weight is 401 g/mol. The maximum atomic E-state index is 13.1. The van der Waals surface area contributed by atoms with Crippen molar-refractivity contribution in [2.24, 2.45) is 0 Å². The van der Waals surface area contributed by atoms with E-state index < -0.39 is 11.9 Å². The summed E-state index contributed by atoms with van der Waals surface area (Å²) in [6.07, 6.45) is -0.557. The van der Waals surface area contributed by atoms with Crippen LogP contribution in [-0.2, 0) is 6.18 Å². The molecule has 1 amide bonds. The second-order valence-corrected chi connectivity index (χ2v) is 6.77. The third kappa shape index (κ3) is 3.68. The molecule has 3 heterocycles. The van der Waals surface area contributed by atoms with Gasteiger partial charge in [0.05, 0.1) is 11.9 Å². The van der Waals surface area contributed by atoms with E-state index in [1.165, 1.54) is 12.1 Å². The standard InChI is InChI=1S/C18H19F3N4O.ClH/c19-18(20,21)16-7-9-23-25(16)14-3-1-2-12(10-14)17(26)24-13-4-5-15(24)11-22-8-6-13;/h1-3,7,9-10,13,15,22H,4-6,8,11H2;1H. The molecule has 2 fully saturated rings. The fourth-order valence-corrected chi connectivity index (χ4v) is 3.96. The molecule has 1 aromatic carbocycles. The number of benzene rings is 1. The van der Waals surface area contributed by atoms with Gasteiger partial charge in [-0.2, -0.15) is 18.3 Å². The summed E-state index contributed by atoms with van der Waals surface area (Å²) in [6, 6.07) is 7.54. The summed E-state index contributed by atoms with van der Waals surface area (Å²) in [5.41, 5.74) is -0.237. The minimum absolute atomic E-state index is 0. The van der Waals surface area contributed by atoms with Crippen LogP contribution in [0, 0.1) is 0 Å². The largest absolute Gasteiger partial charge is 0.433 e. The summed E-state index contributed by atoms with van der Waals surface area (Å²) in [6.45, 7) is 1.65. The normalized spacial score (nSPS) is 22.3. The number of carbonyl (C=O) groups excluding carboxylic acids is 1. The van der Waals surface area contributed by atoms with Gasteiger partial charge in [-0.25, -0.2) is 4.68 Å². The van der Waals surface area contributed by atoms with Crippen molar-refractivity contribution in [3.63, 3.8) is 0 Å². The highest BCUT2D eigenvalue weighted by Gasteiger charge is 2.39. The molecule has 5 nitrogen and oxygen atoms in total. The number of alkyl halides is 3. The van der Waals surface area contributed by atoms with Crippen molar-refractivity contribution in [3.05, 3.63) is 47.8 Å². The van der Waals surface area contributed by atoms with Crippen LogP contribution >= 0.6 is 12.4 Å². The zero-order valence-electron chi connectivity index (χ0n) is 14.4. The van der Waals surface area contributed by atoms with Gasteiger partial charge in [-0.3, -0.25) is 4.79 Å². The molecular formula is C18H20ClF3N4O. The van der Waals surface area contributed by atoms with E-state index in [2.05, 4.69) is 10.4 Å². The first kappa shape index (κ1) is 19.7. The lowest BCUT2D eigenvalue weighted by atomic mass is 10.1. The first-order chi connectivity index (χ1) is 12.4. The lowest BCUT2D eigenvalue weighted by Gasteiger charge is -2.28. The van der Waals surface area contributed by atoms with Gasteiger partial charge in [-0.15, -0.1) is 12.4 Å². The molecule has 2 unspecified atom stereocenters. The van der Waals surface area contributed by atoms with Crippen LogP contribution in [0.1, 0.15) is 35.3 Å². The Hall–Kier alpha value is -2.06. The molecule has 27 heavy (non-hydrogen) atoms. The first-order valence-electron chi connectivity index (χ1n) is 8.70. The molecular weight excluding hydrogens is 381 g/mol. The topological polar surface area (TPSA) is 50.2 Å². The van der Waals surface area contributed by atoms with Crippen LogP contribution in [0.4, 0.5) is 13.2 Å².